The van der Waals surface area contributed by atoms with E-state index in [1.54, 1.807) is 0 Å². The Kier molecular flexibility index (Phi) is 5.69. The topological polar surface area (TPSA) is 52.6 Å². The number of rotatable bonds is 4. The van der Waals surface area contributed by atoms with Crippen LogP contribution in [-0.4, -0.2) is 60.0 Å². The molecule has 3 aromatic rings. The Balaban J connectivity index is 1.22. The van der Waals surface area contributed by atoms with Crippen LogP contribution in [0.1, 0.15) is 24.8 Å². The van der Waals surface area contributed by atoms with Gasteiger partial charge in [-0.3, -0.25) is 4.79 Å². The number of nitrogens with zero attached hydrogens (tertiary/aromatic N) is 5. The lowest BCUT2D eigenvalue weighted by Gasteiger charge is -2.36. The lowest BCUT2D eigenvalue weighted by atomic mass is 10.0. The second-order valence-corrected chi connectivity index (χ2v) is 8.45. The molecule has 1 aromatic heterocycles. The van der Waals surface area contributed by atoms with Gasteiger partial charge in [0.25, 0.3) is 0 Å². The van der Waals surface area contributed by atoms with E-state index in [1.807, 2.05) is 35.4 Å². The molecule has 0 atom stereocenters. The third-order valence-corrected chi connectivity index (χ3v) is 6.45. The van der Waals surface area contributed by atoms with Crippen molar-refractivity contribution in [1.82, 2.24) is 14.9 Å². The van der Waals surface area contributed by atoms with Crippen LogP contribution in [0.4, 0.5) is 11.8 Å². The number of piperidine rings is 1. The Labute approximate surface area is 183 Å². The van der Waals surface area contributed by atoms with Crippen molar-refractivity contribution in [2.45, 2.75) is 25.7 Å². The molecule has 5 rings (SSSR count). The Morgan fingerprint density at radius 1 is 0.806 bits per heavy atom. The molecule has 0 bridgehead atoms. The molecule has 160 valence electrons. The number of anilines is 2. The van der Waals surface area contributed by atoms with Crippen molar-refractivity contribution in [3.8, 4) is 0 Å². The smallest absolute Gasteiger partial charge is 0.227 e. The highest BCUT2D eigenvalue weighted by Crippen LogP contribution is 2.22. The Bertz CT molecular complexity index is 1050. The Morgan fingerprint density at radius 3 is 2.42 bits per heavy atom. The lowest BCUT2D eigenvalue weighted by Crippen LogP contribution is -2.49. The van der Waals surface area contributed by atoms with E-state index < -0.39 is 0 Å². The first kappa shape index (κ1) is 19.8. The second kappa shape index (κ2) is 8.92. The predicted molar refractivity (Wildman–Crippen MR) is 125 cm³/mol. The standard InChI is InChI=1S/C25H29N5O/c31-24(19-21-9-6-8-20-7-2-3-10-22(20)21)29-17-15-28(16-18-29)23-11-12-26-25(27-23)30-13-4-1-5-14-30/h2-3,6-12H,1,4-5,13-19H2. The average molecular weight is 416 g/mol. The van der Waals surface area contributed by atoms with Crippen LogP contribution in [0, 0.1) is 0 Å². The molecule has 0 radical (unpaired) electrons. The number of hydrogen-bond donors (Lipinski definition) is 0. The first-order valence-electron chi connectivity index (χ1n) is 11.4. The van der Waals surface area contributed by atoms with E-state index in [0.29, 0.717) is 6.42 Å². The molecule has 0 unspecified atom stereocenters. The van der Waals surface area contributed by atoms with Gasteiger partial charge in [-0.25, -0.2) is 4.98 Å². The van der Waals surface area contributed by atoms with Gasteiger partial charge in [-0.1, -0.05) is 42.5 Å². The summed E-state index contributed by atoms with van der Waals surface area (Å²) in [7, 11) is 0. The zero-order chi connectivity index (χ0) is 21.0. The molecule has 0 aliphatic carbocycles. The molecule has 0 N–H and O–H groups in total. The molecule has 2 fully saturated rings. The van der Waals surface area contributed by atoms with E-state index in [0.717, 1.165) is 56.6 Å². The molecule has 1 amide bonds. The molecule has 0 spiro atoms. The highest BCUT2D eigenvalue weighted by molar-refractivity contribution is 5.90. The van der Waals surface area contributed by atoms with Crippen LogP contribution < -0.4 is 9.80 Å². The van der Waals surface area contributed by atoms with Crippen molar-refractivity contribution < 1.29 is 4.79 Å². The number of aromatic nitrogens is 2. The quantitative estimate of drug-likeness (QED) is 0.653. The fourth-order valence-electron chi connectivity index (χ4n) is 4.67. The summed E-state index contributed by atoms with van der Waals surface area (Å²) in [6, 6.07) is 16.5. The summed E-state index contributed by atoms with van der Waals surface area (Å²) < 4.78 is 0. The molecule has 2 aliphatic heterocycles. The molecular weight excluding hydrogens is 386 g/mol. The lowest BCUT2D eigenvalue weighted by molar-refractivity contribution is -0.130. The van der Waals surface area contributed by atoms with Crippen LogP contribution in [0.15, 0.2) is 54.7 Å². The van der Waals surface area contributed by atoms with E-state index in [9.17, 15) is 4.79 Å². The maximum absolute atomic E-state index is 13.0. The van der Waals surface area contributed by atoms with Crippen molar-refractivity contribution in [2.24, 2.45) is 0 Å². The average Bonchev–Trinajstić information content (AvgIpc) is 2.85. The fourth-order valence-corrected chi connectivity index (χ4v) is 4.67. The summed E-state index contributed by atoms with van der Waals surface area (Å²) in [6.07, 6.45) is 6.04. The molecule has 0 saturated carbocycles. The van der Waals surface area contributed by atoms with Gasteiger partial charge in [0, 0.05) is 45.5 Å². The molecule has 31 heavy (non-hydrogen) atoms. The number of hydrogen-bond acceptors (Lipinski definition) is 5. The largest absolute Gasteiger partial charge is 0.353 e. The minimum atomic E-state index is 0.202. The van der Waals surface area contributed by atoms with Crippen LogP contribution in [0.5, 0.6) is 0 Å². The van der Waals surface area contributed by atoms with Crippen molar-refractivity contribution >= 4 is 28.4 Å². The van der Waals surface area contributed by atoms with Crippen LogP contribution in [0.25, 0.3) is 10.8 Å². The number of benzene rings is 2. The molecule has 6 nitrogen and oxygen atoms in total. The monoisotopic (exact) mass is 415 g/mol. The number of carbonyl (C=O) groups excluding carboxylic acids is 1. The highest BCUT2D eigenvalue weighted by atomic mass is 16.2. The summed E-state index contributed by atoms with van der Waals surface area (Å²) in [5, 5.41) is 2.36. The SMILES string of the molecule is O=C(Cc1cccc2ccccc12)N1CCN(c2ccnc(N3CCCCC3)n2)CC1. The summed E-state index contributed by atoms with van der Waals surface area (Å²) in [5.74, 6) is 2.01. The molecule has 2 aliphatic rings. The first-order valence-corrected chi connectivity index (χ1v) is 11.4. The van der Waals surface area contributed by atoms with Gasteiger partial charge in [-0.15, -0.1) is 0 Å². The van der Waals surface area contributed by atoms with Crippen LogP contribution >= 0.6 is 0 Å². The van der Waals surface area contributed by atoms with E-state index in [1.165, 1.54) is 30.0 Å². The van der Waals surface area contributed by atoms with Gasteiger partial charge >= 0.3 is 0 Å². The van der Waals surface area contributed by atoms with Crippen LogP contribution in [0.3, 0.4) is 0 Å². The highest BCUT2D eigenvalue weighted by Gasteiger charge is 2.23. The number of fused-ring (bicyclic) bond motifs is 1. The molecule has 2 saturated heterocycles. The normalized spacial score (nSPS) is 17.2. The Hall–Kier alpha value is -3.15. The van der Waals surface area contributed by atoms with E-state index in [-0.39, 0.29) is 5.91 Å². The third-order valence-electron chi connectivity index (χ3n) is 6.45. The van der Waals surface area contributed by atoms with Crippen molar-refractivity contribution in [3.63, 3.8) is 0 Å². The maximum atomic E-state index is 13.0. The summed E-state index contributed by atoms with van der Waals surface area (Å²) in [5.41, 5.74) is 1.10. The van der Waals surface area contributed by atoms with Crippen LogP contribution in [-0.2, 0) is 11.2 Å². The minimum Gasteiger partial charge on any atom is -0.353 e. The van der Waals surface area contributed by atoms with Crippen molar-refractivity contribution in [3.05, 3.63) is 60.3 Å². The van der Waals surface area contributed by atoms with Crippen LogP contribution in [0.2, 0.25) is 0 Å². The molecule has 6 heteroatoms. The van der Waals surface area contributed by atoms with Gasteiger partial charge in [0.1, 0.15) is 5.82 Å². The van der Waals surface area contributed by atoms with Gasteiger partial charge in [0.05, 0.1) is 6.42 Å². The summed E-state index contributed by atoms with van der Waals surface area (Å²) in [6.45, 7) is 5.15. The van der Waals surface area contributed by atoms with Crippen molar-refractivity contribution in [1.29, 1.82) is 0 Å². The van der Waals surface area contributed by atoms with Gasteiger partial charge in [0.2, 0.25) is 11.9 Å². The molecular formula is C25H29N5O. The first-order chi connectivity index (χ1) is 15.3. The predicted octanol–water partition coefficient (Wildman–Crippen LogP) is 3.51. The van der Waals surface area contributed by atoms with Gasteiger partial charge in [-0.2, -0.15) is 4.98 Å². The second-order valence-electron chi connectivity index (χ2n) is 8.45. The van der Waals surface area contributed by atoms with Gasteiger partial charge in [-0.05, 0) is 41.7 Å². The molecule has 2 aromatic carbocycles. The summed E-state index contributed by atoms with van der Waals surface area (Å²) >= 11 is 0. The number of piperazine rings is 1. The molecule has 3 heterocycles. The van der Waals surface area contributed by atoms with Crippen molar-refractivity contribution in [2.75, 3.05) is 49.1 Å². The minimum absolute atomic E-state index is 0.202. The third kappa shape index (κ3) is 4.33. The number of amides is 1. The number of carbonyl (C=O) groups is 1. The van der Waals surface area contributed by atoms with E-state index >= 15 is 0 Å². The van der Waals surface area contributed by atoms with Gasteiger partial charge < -0.3 is 14.7 Å². The van der Waals surface area contributed by atoms with E-state index in [2.05, 4.69) is 39.0 Å². The zero-order valence-corrected chi connectivity index (χ0v) is 17.9. The maximum Gasteiger partial charge on any atom is 0.227 e. The van der Waals surface area contributed by atoms with Gasteiger partial charge in [0.15, 0.2) is 0 Å². The zero-order valence-electron chi connectivity index (χ0n) is 17.9. The fraction of sp³-hybridized carbons (Fsp3) is 0.400. The Morgan fingerprint density at radius 2 is 1.58 bits per heavy atom. The summed E-state index contributed by atoms with van der Waals surface area (Å²) in [4.78, 5) is 28.9. The van der Waals surface area contributed by atoms with E-state index in [4.69, 9.17) is 4.98 Å².